The van der Waals surface area contributed by atoms with Crippen molar-refractivity contribution in [2.45, 2.75) is 77.7 Å². The Balaban J connectivity index is 2.68. The molecule has 1 aromatic rings. The summed E-state index contributed by atoms with van der Waals surface area (Å²) in [6.07, 6.45) is 9.23. The first-order valence-corrected chi connectivity index (χ1v) is 8.95. The van der Waals surface area contributed by atoms with Crippen molar-refractivity contribution in [3.8, 4) is 0 Å². The lowest BCUT2D eigenvalue weighted by Crippen LogP contribution is -2.25. The summed E-state index contributed by atoms with van der Waals surface area (Å²) >= 11 is 1.56. The van der Waals surface area contributed by atoms with Crippen LogP contribution >= 0.6 is 11.5 Å². The lowest BCUT2D eigenvalue weighted by Gasteiger charge is -2.22. The van der Waals surface area contributed by atoms with Gasteiger partial charge >= 0.3 is 0 Å². The van der Waals surface area contributed by atoms with Crippen LogP contribution in [-0.4, -0.2) is 16.1 Å². The highest BCUT2D eigenvalue weighted by molar-refractivity contribution is 7.05. The number of hydrogen-bond acceptors (Lipinski definition) is 4. The van der Waals surface area contributed by atoms with E-state index < -0.39 is 0 Å². The Kier molecular flexibility index (Phi) is 8.12. The summed E-state index contributed by atoms with van der Waals surface area (Å²) in [5, 5.41) is 8.07. The second-order valence-corrected chi connectivity index (χ2v) is 7.45. The normalized spacial score (nSPS) is 13.3. The highest BCUT2D eigenvalue weighted by Gasteiger charge is 2.26. The Hall–Kier alpha value is -0.740. The molecule has 0 aliphatic heterocycles. The van der Waals surface area contributed by atoms with E-state index in [4.69, 9.17) is 0 Å². The summed E-state index contributed by atoms with van der Waals surface area (Å²) in [6.45, 7) is 13.7. The van der Waals surface area contributed by atoms with Crippen molar-refractivity contribution in [2.24, 2.45) is 0 Å². The van der Waals surface area contributed by atoms with Crippen LogP contribution in [0.15, 0.2) is 12.7 Å². The van der Waals surface area contributed by atoms with Crippen molar-refractivity contribution in [2.75, 3.05) is 6.54 Å². The molecule has 0 radical (unpaired) electrons. The Morgan fingerprint density at radius 1 is 1.29 bits per heavy atom. The zero-order chi connectivity index (χ0) is 15.7. The van der Waals surface area contributed by atoms with Gasteiger partial charge in [0.05, 0.1) is 10.6 Å². The van der Waals surface area contributed by atoms with Gasteiger partial charge in [-0.1, -0.05) is 51.1 Å². The number of hydrogen-bond donors (Lipinski definition) is 1. The maximum Gasteiger partial charge on any atom is 0.0857 e. The lowest BCUT2D eigenvalue weighted by atomic mass is 9.89. The third-order valence-corrected chi connectivity index (χ3v) is 4.42. The van der Waals surface area contributed by atoms with E-state index in [1.165, 1.54) is 30.6 Å². The molecule has 21 heavy (non-hydrogen) atoms. The van der Waals surface area contributed by atoms with Gasteiger partial charge in [-0.25, -0.2) is 0 Å². The van der Waals surface area contributed by atoms with Crippen LogP contribution in [0, 0.1) is 0 Å². The van der Waals surface area contributed by atoms with E-state index in [0.717, 1.165) is 25.1 Å². The van der Waals surface area contributed by atoms with Gasteiger partial charge in [0.1, 0.15) is 0 Å². The fraction of sp³-hybridized carbons (Fsp3) is 0.765. The first kappa shape index (κ1) is 18.3. The molecule has 3 nitrogen and oxygen atoms in total. The highest BCUT2D eigenvalue weighted by atomic mass is 32.1. The zero-order valence-electron chi connectivity index (χ0n) is 14.1. The minimum Gasteiger partial charge on any atom is -0.309 e. The SMILES string of the molecule is C=CCCCCCC(NCCC)c1snnc1C(C)(C)C. The number of rotatable bonds is 10. The molecule has 0 fully saturated rings. The number of allylic oxidation sites excluding steroid dienone is 1. The average Bonchev–Trinajstić information content (AvgIpc) is 2.91. The standard InChI is InChI=1S/C17H31N3S/c1-6-8-9-10-11-12-14(18-13-7-2)15-16(17(3,4)5)19-20-21-15/h6,14,18H,1,7-13H2,2-5H3. The molecule has 0 spiro atoms. The molecule has 1 N–H and O–H groups in total. The van der Waals surface area contributed by atoms with Crippen molar-refractivity contribution in [3.05, 3.63) is 23.2 Å². The van der Waals surface area contributed by atoms with Crippen molar-refractivity contribution < 1.29 is 0 Å². The number of aromatic nitrogens is 2. The summed E-state index contributed by atoms with van der Waals surface area (Å²) in [5.74, 6) is 0. The van der Waals surface area contributed by atoms with Crippen LogP contribution < -0.4 is 5.32 Å². The Morgan fingerprint density at radius 3 is 2.67 bits per heavy atom. The van der Waals surface area contributed by atoms with E-state index in [1.54, 1.807) is 11.5 Å². The molecule has 1 heterocycles. The van der Waals surface area contributed by atoms with Crippen LogP contribution in [0.1, 0.15) is 82.8 Å². The van der Waals surface area contributed by atoms with Crippen molar-refractivity contribution >= 4 is 11.5 Å². The van der Waals surface area contributed by atoms with Crippen LogP contribution in [0.5, 0.6) is 0 Å². The van der Waals surface area contributed by atoms with Crippen LogP contribution in [0.25, 0.3) is 0 Å². The number of nitrogens with one attached hydrogen (secondary N) is 1. The summed E-state index contributed by atoms with van der Waals surface area (Å²) in [7, 11) is 0. The third-order valence-electron chi connectivity index (χ3n) is 3.58. The predicted molar refractivity (Wildman–Crippen MR) is 92.9 cm³/mol. The number of nitrogens with zero attached hydrogens (tertiary/aromatic N) is 2. The fourth-order valence-corrected chi connectivity index (χ4v) is 3.38. The van der Waals surface area contributed by atoms with Gasteiger partial charge in [0, 0.05) is 11.5 Å². The van der Waals surface area contributed by atoms with Gasteiger partial charge in [0.25, 0.3) is 0 Å². The molecule has 1 rings (SSSR count). The van der Waals surface area contributed by atoms with Crippen LogP contribution in [0.4, 0.5) is 0 Å². The highest BCUT2D eigenvalue weighted by Crippen LogP contribution is 2.32. The van der Waals surface area contributed by atoms with Gasteiger partial charge in [-0.05, 0) is 43.8 Å². The quantitative estimate of drug-likeness (QED) is 0.487. The molecule has 0 aromatic carbocycles. The largest absolute Gasteiger partial charge is 0.309 e. The number of unbranched alkanes of at least 4 members (excludes halogenated alkanes) is 3. The van der Waals surface area contributed by atoms with Crippen molar-refractivity contribution in [1.82, 2.24) is 14.9 Å². The molecule has 0 bridgehead atoms. The predicted octanol–water partition coefficient (Wildman–Crippen LogP) is 5.01. The van der Waals surface area contributed by atoms with Crippen LogP contribution in [-0.2, 0) is 5.41 Å². The van der Waals surface area contributed by atoms with Crippen LogP contribution in [0.2, 0.25) is 0 Å². The second kappa shape index (κ2) is 9.31. The van der Waals surface area contributed by atoms with Gasteiger partial charge < -0.3 is 5.32 Å². The Morgan fingerprint density at radius 2 is 2.05 bits per heavy atom. The van der Waals surface area contributed by atoms with Gasteiger partial charge in [-0.15, -0.1) is 11.7 Å². The molecular weight excluding hydrogens is 278 g/mol. The van der Waals surface area contributed by atoms with E-state index in [-0.39, 0.29) is 5.41 Å². The monoisotopic (exact) mass is 309 g/mol. The summed E-state index contributed by atoms with van der Waals surface area (Å²) < 4.78 is 4.21. The smallest absolute Gasteiger partial charge is 0.0857 e. The lowest BCUT2D eigenvalue weighted by molar-refractivity contribution is 0.462. The maximum absolute atomic E-state index is 4.39. The van der Waals surface area contributed by atoms with E-state index in [2.05, 4.69) is 49.2 Å². The molecule has 1 atom stereocenters. The van der Waals surface area contributed by atoms with Gasteiger partial charge in [0.15, 0.2) is 0 Å². The van der Waals surface area contributed by atoms with E-state index in [9.17, 15) is 0 Å². The van der Waals surface area contributed by atoms with E-state index >= 15 is 0 Å². The van der Waals surface area contributed by atoms with Gasteiger partial charge in [-0.3, -0.25) is 0 Å². The Bertz CT molecular complexity index is 406. The molecule has 0 saturated heterocycles. The summed E-state index contributed by atoms with van der Waals surface area (Å²) in [5.41, 5.74) is 1.23. The molecular formula is C17H31N3S. The minimum absolute atomic E-state index is 0.0668. The first-order chi connectivity index (χ1) is 10.0. The molecule has 0 aliphatic rings. The van der Waals surface area contributed by atoms with E-state index in [0.29, 0.717) is 6.04 Å². The summed E-state index contributed by atoms with van der Waals surface area (Å²) in [6, 6.07) is 0.405. The van der Waals surface area contributed by atoms with Gasteiger partial charge in [-0.2, -0.15) is 0 Å². The van der Waals surface area contributed by atoms with Crippen LogP contribution in [0.3, 0.4) is 0 Å². The molecule has 1 unspecified atom stereocenters. The first-order valence-electron chi connectivity index (χ1n) is 8.17. The molecule has 0 aliphatic carbocycles. The maximum atomic E-state index is 4.39. The molecule has 120 valence electrons. The van der Waals surface area contributed by atoms with Crippen molar-refractivity contribution in [1.29, 1.82) is 0 Å². The summed E-state index contributed by atoms with van der Waals surface area (Å²) in [4.78, 5) is 1.33. The second-order valence-electron chi connectivity index (χ2n) is 6.67. The van der Waals surface area contributed by atoms with E-state index in [1.807, 2.05) is 6.08 Å². The average molecular weight is 310 g/mol. The van der Waals surface area contributed by atoms with Crippen molar-refractivity contribution in [3.63, 3.8) is 0 Å². The molecule has 0 saturated carbocycles. The molecule has 4 heteroatoms. The molecule has 0 amide bonds. The minimum atomic E-state index is 0.0668. The third kappa shape index (κ3) is 6.27. The molecule has 1 aromatic heterocycles. The Labute approximate surface area is 134 Å². The topological polar surface area (TPSA) is 37.8 Å². The van der Waals surface area contributed by atoms with Gasteiger partial charge in [0.2, 0.25) is 0 Å². The zero-order valence-corrected chi connectivity index (χ0v) is 14.9. The fourth-order valence-electron chi connectivity index (χ4n) is 2.40.